The molecule has 0 unspecified atom stereocenters. The lowest BCUT2D eigenvalue weighted by atomic mass is 9.97. The highest BCUT2D eigenvalue weighted by Crippen LogP contribution is 2.39. The Morgan fingerprint density at radius 2 is 0.919 bits per heavy atom. The van der Waals surface area contributed by atoms with E-state index in [-0.39, 0.29) is 0 Å². The number of hydrogen-bond acceptors (Lipinski definition) is 2. The van der Waals surface area contributed by atoms with Crippen LogP contribution in [0.1, 0.15) is 11.1 Å². The zero-order valence-electron chi connectivity index (χ0n) is 20.3. The molecule has 1 aliphatic rings. The first-order valence-electron chi connectivity index (χ1n) is 12.6. The molecule has 0 radical (unpaired) electrons. The zero-order valence-corrected chi connectivity index (χ0v) is 20.3. The van der Waals surface area contributed by atoms with E-state index >= 15 is 0 Å². The number of benzene rings is 5. The lowest BCUT2D eigenvalue weighted by Crippen LogP contribution is -1.95. The Morgan fingerprint density at radius 3 is 1.65 bits per heavy atom. The molecule has 1 aromatic heterocycles. The van der Waals surface area contributed by atoms with Crippen molar-refractivity contribution in [2.75, 3.05) is 0 Å². The van der Waals surface area contributed by atoms with E-state index in [9.17, 15) is 0 Å². The van der Waals surface area contributed by atoms with Gasteiger partial charge in [0, 0.05) is 16.7 Å². The first kappa shape index (κ1) is 21.5. The van der Waals surface area contributed by atoms with Gasteiger partial charge in [-0.1, -0.05) is 121 Å². The van der Waals surface area contributed by atoms with Crippen LogP contribution in [-0.2, 0) is 6.42 Å². The van der Waals surface area contributed by atoms with Crippen LogP contribution >= 0.6 is 0 Å². The average Bonchev–Trinajstić information content (AvgIpc) is 3.36. The molecule has 2 heteroatoms. The first-order chi connectivity index (χ1) is 18.3. The fourth-order valence-corrected chi connectivity index (χ4v) is 5.20. The van der Waals surface area contributed by atoms with Crippen LogP contribution < -0.4 is 0 Å². The predicted octanol–water partition coefficient (Wildman–Crippen LogP) is 8.72. The molecule has 7 rings (SSSR count). The van der Waals surface area contributed by atoms with Crippen molar-refractivity contribution in [3.05, 3.63) is 145 Å². The van der Waals surface area contributed by atoms with E-state index < -0.39 is 0 Å². The molecule has 0 N–H and O–H groups in total. The van der Waals surface area contributed by atoms with Crippen molar-refractivity contribution >= 4 is 0 Å². The summed E-state index contributed by atoms with van der Waals surface area (Å²) in [6, 6.07) is 46.9. The molecule has 0 saturated heterocycles. The fourth-order valence-electron chi connectivity index (χ4n) is 5.20. The molecule has 0 atom stereocenters. The maximum absolute atomic E-state index is 4.96. The third-order valence-corrected chi connectivity index (χ3v) is 7.14. The SMILES string of the molecule is c1ccc(-c2cc(-c3ccc(-c4ccc5c(c4)-c4ccccc4C5)cc3)nc(-c3ccccc3)n2)cc1. The summed E-state index contributed by atoms with van der Waals surface area (Å²) in [5.41, 5.74) is 13.0. The van der Waals surface area contributed by atoms with Gasteiger partial charge in [0.25, 0.3) is 0 Å². The Hall–Kier alpha value is -4.82. The van der Waals surface area contributed by atoms with Crippen LogP contribution in [0.5, 0.6) is 0 Å². The molecule has 2 nitrogen and oxygen atoms in total. The van der Waals surface area contributed by atoms with Crippen molar-refractivity contribution in [2.24, 2.45) is 0 Å². The van der Waals surface area contributed by atoms with Crippen molar-refractivity contribution in [1.29, 1.82) is 0 Å². The van der Waals surface area contributed by atoms with Crippen molar-refractivity contribution in [1.82, 2.24) is 9.97 Å². The van der Waals surface area contributed by atoms with Crippen LogP contribution in [0.2, 0.25) is 0 Å². The first-order valence-corrected chi connectivity index (χ1v) is 12.6. The van der Waals surface area contributed by atoms with Gasteiger partial charge in [0.1, 0.15) is 0 Å². The summed E-state index contributed by atoms with van der Waals surface area (Å²) in [6.07, 6.45) is 1.02. The summed E-state index contributed by atoms with van der Waals surface area (Å²) in [4.78, 5) is 9.87. The van der Waals surface area contributed by atoms with Gasteiger partial charge in [-0.2, -0.15) is 0 Å². The second-order valence-corrected chi connectivity index (χ2v) is 9.48. The number of hydrogen-bond donors (Lipinski definition) is 0. The molecule has 6 aromatic rings. The Balaban J connectivity index is 1.27. The lowest BCUT2D eigenvalue weighted by molar-refractivity contribution is 1.18. The quantitative estimate of drug-likeness (QED) is 0.256. The molecule has 0 fully saturated rings. The largest absolute Gasteiger partial charge is 0.228 e. The summed E-state index contributed by atoms with van der Waals surface area (Å²) in [7, 11) is 0. The van der Waals surface area contributed by atoms with Crippen LogP contribution in [0, 0.1) is 0 Å². The topological polar surface area (TPSA) is 25.8 Å². The fraction of sp³-hybridized carbons (Fsp3) is 0.0286. The molecule has 0 aliphatic heterocycles. The summed E-state index contributed by atoms with van der Waals surface area (Å²) in [5, 5.41) is 0. The summed E-state index contributed by atoms with van der Waals surface area (Å²) in [6.45, 7) is 0. The average molecular weight is 473 g/mol. The van der Waals surface area contributed by atoms with Gasteiger partial charge in [-0.25, -0.2) is 9.97 Å². The summed E-state index contributed by atoms with van der Waals surface area (Å²) in [5.74, 6) is 0.735. The molecule has 0 amide bonds. The van der Waals surface area contributed by atoms with E-state index in [1.165, 1.54) is 33.4 Å². The molecule has 1 heterocycles. The Morgan fingerprint density at radius 1 is 0.378 bits per heavy atom. The summed E-state index contributed by atoms with van der Waals surface area (Å²) < 4.78 is 0. The van der Waals surface area contributed by atoms with Crippen LogP contribution in [-0.4, -0.2) is 9.97 Å². The molecule has 0 saturated carbocycles. The van der Waals surface area contributed by atoms with E-state index in [0.29, 0.717) is 0 Å². The minimum absolute atomic E-state index is 0.735. The highest BCUT2D eigenvalue weighted by Gasteiger charge is 2.18. The second-order valence-electron chi connectivity index (χ2n) is 9.48. The zero-order chi connectivity index (χ0) is 24.6. The van der Waals surface area contributed by atoms with Gasteiger partial charge in [0.2, 0.25) is 0 Å². The standard InChI is InChI=1S/C35H24N2/c1-3-9-25(10-4-1)33-23-34(37-35(36-33)27-11-5-2-6-12-27)26-17-15-24(16-18-26)28-19-20-30-21-29-13-7-8-14-31(29)32(30)22-28/h1-20,22-23H,21H2. The minimum Gasteiger partial charge on any atom is -0.228 e. The third kappa shape index (κ3) is 4.03. The molecular weight excluding hydrogens is 448 g/mol. The van der Waals surface area contributed by atoms with E-state index in [0.717, 1.165) is 40.3 Å². The van der Waals surface area contributed by atoms with Gasteiger partial charge in [-0.05, 0) is 51.9 Å². The predicted molar refractivity (Wildman–Crippen MR) is 152 cm³/mol. The highest BCUT2D eigenvalue weighted by atomic mass is 14.9. The Bertz CT molecular complexity index is 1660. The highest BCUT2D eigenvalue weighted by molar-refractivity contribution is 5.82. The number of nitrogens with zero attached hydrogens (tertiary/aromatic N) is 2. The van der Waals surface area contributed by atoms with Crippen LogP contribution in [0.15, 0.2) is 133 Å². The van der Waals surface area contributed by atoms with Crippen molar-refractivity contribution in [2.45, 2.75) is 6.42 Å². The molecule has 5 aromatic carbocycles. The molecule has 1 aliphatic carbocycles. The molecule has 37 heavy (non-hydrogen) atoms. The molecule has 0 bridgehead atoms. The van der Waals surface area contributed by atoms with E-state index in [1.54, 1.807) is 0 Å². The second kappa shape index (κ2) is 9.00. The van der Waals surface area contributed by atoms with E-state index in [1.807, 2.05) is 36.4 Å². The Kier molecular flexibility index (Phi) is 5.22. The van der Waals surface area contributed by atoms with Crippen molar-refractivity contribution < 1.29 is 0 Å². The maximum atomic E-state index is 4.96. The van der Waals surface area contributed by atoms with E-state index in [4.69, 9.17) is 9.97 Å². The van der Waals surface area contributed by atoms with Crippen molar-refractivity contribution in [3.8, 4) is 56.2 Å². The van der Waals surface area contributed by atoms with Gasteiger partial charge in [-0.3, -0.25) is 0 Å². The smallest absolute Gasteiger partial charge is 0.160 e. The van der Waals surface area contributed by atoms with Crippen molar-refractivity contribution in [3.63, 3.8) is 0 Å². The number of aromatic nitrogens is 2. The lowest BCUT2D eigenvalue weighted by Gasteiger charge is -2.10. The third-order valence-electron chi connectivity index (χ3n) is 7.14. The van der Waals surface area contributed by atoms with Gasteiger partial charge < -0.3 is 0 Å². The summed E-state index contributed by atoms with van der Waals surface area (Å²) >= 11 is 0. The molecule has 0 spiro atoms. The number of fused-ring (bicyclic) bond motifs is 3. The maximum Gasteiger partial charge on any atom is 0.160 e. The van der Waals surface area contributed by atoms with Gasteiger partial charge in [-0.15, -0.1) is 0 Å². The van der Waals surface area contributed by atoms with Crippen LogP contribution in [0.3, 0.4) is 0 Å². The molecule has 174 valence electrons. The van der Waals surface area contributed by atoms with E-state index in [2.05, 4.69) is 97.1 Å². The van der Waals surface area contributed by atoms with Gasteiger partial charge in [0.05, 0.1) is 11.4 Å². The van der Waals surface area contributed by atoms with Crippen LogP contribution in [0.25, 0.3) is 56.2 Å². The number of rotatable bonds is 4. The van der Waals surface area contributed by atoms with Crippen LogP contribution in [0.4, 0.5) is 0 Å². The van der Waals surface area contributed by atoms with Gasteiger partial charge in [0.15, 0.2) is 5.82 Å². The molecular formula is C35H24N2. The van der Waals surface area contributed by atoms with Gasteiger partial charge >= 0.3 is 0 Å². The minimum atomic E-state index is 0.735. The monoisotopic (exact) mass is 472 g/mol. The normalized spacial score (nSPS) is 11.7. The Labute approximate surface area is 217 Å².